The zero-order valence-electron chi connectivity index (χ0n) is 8.41. The fraction of sp³-hybridized carbons (Fsp3) is 0.556. The SMILES string of the molecule is CC[C@H](N)C(=O)NCc1cnc(C)s1. The number of carbonyl (C=O) groups excluding carboxylic acids is 1. The van der Waals surface area contributed by atoms with Crippen LogP contribution in [0.5, 0.6) is 0 Å². The first-order valence-electron chi connectivity index (χ1n) is 4.58. The number of hydrogen-bond donors (Lipinski definition) is 2. The van der Waals surface area contributed by atoms with Gasteiger partial charge in [0.15, 0.2) is 0 Å². The lowest BCUT2D eigenvalue weighted by Gasteiger charge is -2.08. The number of hydrogen-bond acceptors (Lipinski definition) is 4. The highest BCUT2D eigenvalue weighted by atomic mass is 32.1. The third-order valence-electron chi connectivity index (χ3n) is 1.88. The Bertz CT molecular complexity index is 311. The van der Waals surface area contributed by atoms with Crippen LogP contribution in [-0.4, -0.2) is 16.9 Å². The molecule has 1 rings (SSSR count). The van der Waals surface area contributed by atoms with Gasteiger partial charge in [-0.25, -0.2) is 4.98 Å². The molecule has 1 aromatic rings. The van der Waals surface area contributed by atoms with Crippen molar-refractivity contribution >= 4 is 17.2 Å². The first-order valence-corrected chi connectivity index (χ1v) is 5.39. The zero-order chi connectivity index (χ0) is 10.6. The molecule has 78 valence electrons. The molecule has 1 atom stereocenters. The summed E-state index contributed by atoms with van der Waals surface area (Å²) < 4.78 is 0. The highest BCUT2D eigenvalue weighted by molar-refractivity contribution is 7.11. The van der Waals surface area contributed by atoms with Gasteiger partial charge in [-0.2, -0.15) is 0 Å². The van der Waals surface area contributed by atoms with Gasteiger partial charge < -0.3 is 11.1 Å². The molecule has 0 aromatic carbocycles. The standard InChI is InChI=1S/C9H15N3OS/c1-3-8(10)9(13)12-5-7-4-11-6(2)14-7/h4,8H,3,5,10H2,1-2H3,(H,12,13)/t8-/m0/s1. The van der Waals surface area contributed by atoms with Crippen LogP contribution in [0.1, 0.15) is 23.2 Å². The van der Waals surface area contributed by atoms with E-state index in [9.17, 15) is 4.79 Å². The molecule has 0 unspecified atom stereocenters. The van der Waals surface area contributed by atoms with Gasteiger partial charge in [-0.15, -0.1) is 11.3 Å². The van der Waals surface area contributed by atoms with E-state index < -0.39 is 6.04 Å². The molecular formula is C9H15N3OS. The van der Waals surface area contributed by atoms with E-state index in [0.29, 0.717) is 13.0 Å². The number of carbonyl (C=O) groups is 1. The van der Waals surface area contributed by atoms with E-state index in [4.69, 9.17) is 5.73 Å². The monoisotopic (exact) mass is 213 g/mol. The van der Waals surface area contributed by atoms with E-state index in [2.05, 4.69) is 10.3 Å². The summed E-state index contributed by atoms with van der Waals surface area (Å²) >= 11 is 1.58. The maximum atomic E-state index is 11.3. The van der Waals surface area contributed by atoms with Crippen LogP contribution in [-0.2, 0) is 11.3 Å². The maximum Gasteiger partial charge on any atom is 0.237 e. The second-order valence-electron chi connectivity index (χ2n) is 3.08. The Morgan fingerprint density at radius 3 is 3.00 bits per heavy atom. The van der Waals surface area contributed by atoms with Crippen LogP contribution in [0.25, 0.3) is 0 Å². The fourth-order valence-corrected chi connectivity index (χ4v) is 1.71. The smallest absolute Gasteiger partial charge is 0.237 e. The van der Waals surface area contributed by atoms with Gasteiger partial charge in [0.25, 0.3) is 0 Å². The third-order valence-corrected chi connectivity index (χ3v) is 2.80. The van der Waals surface area contributed by atoms with E-state index >= 15 is 0 Å². The third kappa shape index (κ3) is 3.08. The van der Waals surface area contributed by atoms with Crippen molar-refractivity contribution in [2.24, 2.45) is 5.73 Å². The molecule has 1 aromatic heterocycles. The summed E-state index contributed by atoms with van der Waals surface area (Å²) in [6.45, 7) is 4.35. The Kier molecular flexibility index (Phi) is 4.03. The lowest BCUT2D eigenvalue weighted by Crippen LogP contribution is -2.39. The fourth-order valence-electron chi connectivity index (χ4n) is 0.978. The van der Waals surface area contributed by atoms with E-state index in [1.165, 1.54) is 0 Å². The Hall–Kier alpha value is -0.940. The lowest BCUT2D eigenvalue weighted by atomic mass is 10.2. The second kappa shape index (κ2) is 5.07. The van der Waals surface area contributed by atoms with Crippen molar-refractivity contribution in [2.45, 2.75) is 32.9 Å². The quantitative estimate of drug-likeness (QED) is 0.777. The molecular weight excluding hydrogens is 198 g/mol. The topological polar surface area (TPSA) is 68.0 Å². The average molecular weight is 213 g/mol. The van der Waals surface area contributed by atoms with E-state index in [1.807, 2.05) is 13.8 Å². The molecule has 0 saturated carbocycles. The molecule has 0 spiro atoms. The summed E-state index contributed by atoms with van der Waals surface area (Å²) in [6.07, 6.45) is 2.44. The van der Waals surface area contributed by atoms with Gasteiger partial charge in [-0.05, 0) is 13.3 Å². The van der Waals surface area contributed by atoms with Crippen LogP contribution in [0.3, 0.4) is 0 Å². The molecule has 0 aliphatic heterocycles. The first kappa shape index (κ1) is 11.1. The van der Waals surface area contributed by atoms with Crippen molar-refractivity contribution in [2.75, 3.05) is 0 Å². The van der Waals surface area contributed by atoms with Crippen molar-refractivity contribution in [3.63, 3.8) is 0 Å². The average Bonchev–Trinajstić information content (AvgIpc) is 2.59. The maximum absolute atomic E-state index is 11.3. The summed E-state index contributed by atoms with van der Waals surface area (Å²) in [5.74, 6) is -0.0986. The molecule has 1 amide bonds. The van der Waals surface area contributed by atoms with Crippen LogP contribution in [0.4, 0.5) is 0 Å². The summed E-state index contributed by atoms with van der Waals surface area (Å²) in [6, 6.07) is -0.399. The lowest BCUT2D eigenvalue weighted by molar-refractivity contribution is -0.122. The largest absolute Gasteiger partial charge is 0.350 e. The van der Waals surface area contributed by atoms with Gasteiger partial charge >= 0.3 is 0 Å². The minimum Gasteiger partial charge on any atom is -0.350 e. The highest BCUT2D eigenvalue weighted by Crippen LogP contribution is 2.10. The van der Waals surface area contributed by atoms with Gasteiger partial charge in [0.05, 0.1) is 17.6 Å². The van der Waals surface area contributed by atoms with Crippen LogP contribution in [0, 0.1) is 6.92 Å². The number of aryl methyl sites for hydroxylation is 1. The number of rotatable bonds is 4. The molecule has 0 bridgehead atoms. The summed E-state index contributed by atoms with van der Waals surface area (Å²) in [5, 5.41) is 3.78. The molecule has 0 radical (unpaired) electrons. The Balaban J connectivity index is 2.37. The highest BCUT2D eigenvalue weighted by Gasteiger charge is 2.10. The minimum atomic E-state index is -0.399. The molecule has 1 heterocycles. The van der Waals surface area contributed by atoms with Gasteiger partial charge in [-0.3, -0.25) is 4.79 Å². The normalized spacial score (nSPS) is 12.5. The Morgan fingerprint density at radius 1 is 1.79 bits per heavy atom. The Labute approximate surface area is 87.5 Å². The predicted molar refractivity (Wildman–Crippen MR) is 57.0 cm³/mol. The van der Waals surface area contributed by atoms with Crippen molar-refractivity contribution in [3.8, 4) is 0 Å². The molecule has 5 heteroatoms. The van der Waals surface area contributed by atoms with E-state index in [1.54, 1.807) is 17.5 Å². The molecule has 14 heavy (non-hydrogen) atoms. The van der Waals surface area contributed by atoms with Gasteiger partial charge in [0.1, 0.15) is 0 Å². The van der Waals surface area contributed by atoms with E-state index in [-0.39, 0.29) is 5.91 Å². The number of nitrogens with two attached hydrogens (primary N) is 1. The summed E-state index contributed by atoms with van der Waals surface area (Å²) in [4.78, 5) is 16.5. The molecule has 4 nitrogen and oxygen atoms in total. The molecule has 0 aliphatic carbocycles. The van der Waals surface area contributed by atoms with Crippen molar-refractivity contribution in [1.82, 2.24) is 10.3 Å². The van der Waals surface area contributed by atoms with Crippen LogP contribution < -0.4 is 11.1 Å². The Morgan fingerprint density at radius 2 is 2.50 bits per heavy atom. The number of amides is 1. The van der Waals surface area contributed by atoms with Crippen molar-refractivity contribution in [3.05, 3.63) is 16.1 Å². The molecule has 3 N–H and O–H groups in total. The molecule has 0 fully saturated rings. The van der Waals surface area contributed by atoms with Crippen molar-refractivity contribution in [1.29, 1.82) is 0 Å². The number of aromatic nitrogens is 1. The minimum absolute atomic E-state index is 0.0986. The second-order valence-corrected chi connectivity index (χ2v) is 4.40. The summed E-state index contributed by atoms with van der Waals surface area (Å²) in [5.41, 5.74) is 5.56. The van der Waals surface area contributed by atoms with Crippen LogP contribution in [0.2, 0.25) is 0 Å². The van der Waals surface area contributed by atoms with Crippen LogP contribution >= 0.6 is 11.3 Å². The number of nitrogens with one attached hydrogen (secondary N) is 1. The van der Waals surface area contributed by atoms with Gasteiger partial charge in [0, 0.05) is 11.1 Å². The zero-order valence-corrected chi connectivity index (χ0v) is 9.23. The number of nitrogens with zero attached hydrogens (tertiary/aromatic N) is 1. The summed E-state index contributed by atoms with van der Waals surface area (Å²) in [7, 11) is 0. The van der Waals surface area contributed by atoms with E-state index in [0.717, 1.165) is 9.88 Å². The molecule has 0 saturated heterocycles. The van der Waals surface area contributed by atoms with Gasteiger partial charge in [0.2, 0.25) is 5.91 Å². The predicted octanol–water partition coefficient (Wildman–Crippen LogP) is 0.805. The molecule has 0 aliphatic rings. The number of thiazole rings is 1. The van der Waals surface area contributed by atoms with Crippen molar-refractivity contribution < 1.29 is 4.79 Å². The van der Waals surface area contributed by atoms with Gasteiger partial charge in [-0.1, -0.05) is 6.92 Å². The first-order chi connectivity index (χ1) is 6.63. The van der Waals surface area contributed by atoms with Crippen LogP contribution in [0.15, 0.2) is 6.20 Å².